The molecule has 3 aliphatic heterocycles. The number of likely N-dealkylation sites (tertiary alicyclic amines) is 1. The second kappa shape index (κ2) is 4.91. The number of fused-ring (bicyclic) bond motifs is 2. The average molecular weight is 282 g/mol. The van der Waals surface area contributed by atoms with E-state index in [-0.39, 0.29) is 36.1 Å². The van der Waals surface area contributed by atoms with Gasteiger partial charge in [0, 0.05) is 31.1 Å². The number of rotatable bonds is 2. The molecule has 0 aromatic carbocycles. The van der Waals surface area contributed by atoms with Gasteiger partial charge in [-0.3, -0.25) is 4.79 Å². The lowest BCUT2D eigenvalue weighted by Crippen LogP contribution is -2.60. The maximum Gasteiger partial charge on any atom is 0.320 e. The Morgan fingerprint density at radius 3 is 2.20 bits per heavy atom. The molecule has 6 nitrogen and oxygen atoms in total. The van der Waals surface area contributed by atoms with Gasteiger partial charge in [-0.15, -0.1) is 0 Å². The number of carboxylic acid groups (broad SMARTS) is 1. The summed E-state index contributed by atoms with van der Waals surface area (Å²) in [5.41, 5.74) is 0. The third-order valence-electron chi connectivity index (χ3n) is 5.21. The molecule has 3 aliphatic rings. The van der Waals surface area contributed by atoms with Crippen molar-refractivity contribution < 1.29 is 19.8 Å². The highest BCUT2D eigenvalue weighted by molar-refractivity contribution is 5.77. The van der Waals surface area contributed by atoms with Gasteiger partial charge in [0.1, 0.15) is 0 Å². The molecule has 3 heterocycles. The van der Waals surface area contributed by atoms with Crippen molar-refractivity contribution in [3.63, 3.8) is 0 Å². The molecule has 0 radical (unpaired) electrons. The number of carbonyl (C=O) groups excluding carboxylic acids is 1. The van der Waals surface area contributed by atoms with Gasteiger partial charge in [-0.1, -0.05) is 6.92 Å². The van der Waals surface area contributed by atoms with E-state index < -0.39 is 5.97 Å². The van der Waals surface area contributed by atoms with Gasteiger partial charge >= 0.3 is 12.0 Å². The minimum absolute atomic E-state index is 0.0400. The molecule has 0 aromatic rings. The topological polar surface area (TPSA) is 81.1 Å². The van der Waals surface area contributed by atoms with Crippen molar-refractivity contribution in [2.75, 3.05) is 13.1 Å². The first kappa shape index (κ1) is 13.7. The Bertz CT molecular complexity index is 407. The van der Waals surface area contributed by atoms with Crippen LogP contribution >= 0.6 is 0 Å². The number of hydrogen-bond acceptors (Lipinski definition) is 3. The summed E-state index contributed by atoms with van der Waals surface area (Å²) in [4.78, 5) is 27.1. The number of carboxylic acids is 1. The van der Waals surface area contributed by atoms with E-state index in [0.29, 0.717) is 25.9 Å². The fourth-order valence-electron chi connectivity index (χ4n) is 3.81. The monoisotopic (exact) mass is 282 g/mol. The van der Waals surface area contributed by atoms with E-state index in [9.17, 15) is 14.7 Å². The van der Waals surface area contributed by atoms with Gasteiger partial charge in [0.2, 0.25) is 0 Å². The average Bonchev–Trinajstić information content (AvgIpc) is 2.59. The molecule has 0 aromatic heterocycles. The Morgan fingerprint density at radius 2 is 1.70 bits per heavy atom. The SMILES string of the molecule is CC(C(=O)O)C1CN(C(=O)N2C3CCC2CC(O)C3)C1. The number of amides is 2. The molecule has 3 atom stereocenters. The second-order valence-corrected chi connectivity index (χ2v) is 6.49. The second-order valence-electron chi connectivity index (χ2n) is 6.49. The maximum absolute atomic E-state index is 12.5. The zero-order chi connectivity index (χ0) is 14.4. The van der Waals surface area contributed by atoms with Crippen LogP contribution < -0.4 is 0 Å². The van der Waals surface area contributed by atoms with Crippen LogP contribution in [0.5, 0.6) is 0 Å². The van der Waals surface area contributed by atoms with Crippen LogP contribution in [-0.2, 0) is 4.79 Å². The van der Waals surface area contributed by atoms with Crippen LogP contribution in [0.2, 0.25) is 0 Å². The van der Waals surface area contributed by atoms with Crippen molar-refractivity contribution in [1.29, 1.82) is 0 Å². The van der Waals surface area contributed by atoms with Gasteiger partial charge in [0.15, 0.2) is 0 Å². The number of hydrogen-bond donors (Lipinski definition) is 2. The number of piperidine rings is 1. The lowest BCUT2D eigenvalue weighted by molar-refractivity contribution is -0.145. The Balaban J connectivity index is 1.58. The van der Waals surface area contributed by atoms with Gasteiger partial charge in [-0.25, -0.2) is 4.79 Å². The van der Waals surface area contributed by atoms with Crippen LogP contribution in [0.25, 0.3) is 0 Å². The molecule has 20 heavy (non-hydrogen) atoms. The number of urea groups is 1. The molecular weight excluding hydrogens is 260 g/mol. The van der Waals surface area contributed by atoms with Gasteiger partial charge in [-0.05, 0) is 25.7 Å². The number of aliphatic hydroxyl groups is 1. The van der Waals surface area contributed by atoms with E-state index >= 15 is 0 Å². The first-order valence-electron chi connectivity index (χ1n) is 7.45. The molecule has 3 unspecified atom stereocenters. The van der Waals surface area contributed by atoms with Crippen molar-refractivity contribution in [2.24, 2.45) is 11.8 Å². The van der Waals surface area contributed by atoms with Gasteiger partial charge < -0.3 is 20.0 Å². The fourth-order valence-corrected chi connectivity index (χ4v) is 3.81. The Kier molecular flexibility index (Phi) is 3.36. The zero-order valence-corrected chi connectivity index (χ0v) is 11.7. The first-order valence-corrected chi connectivity index (χ1v) is 7.45. The van der Waals surface area contributed by atoms with Crippen LogP contribution in [0.15, 0.2) is 0 Å². The molecule has 6 heteroatoms. The highest BCUT2D eigenvalue weighted by Gasteiger charge is 2.47. The van der Waals surface area contributed by atoms with Gasteiger partial charge in [0.25, 0.3) is 0 Å². The fraction of sp³-hybridized carbons (Fsp3) is 0.857. The third kappa shape index (κ3) is 2.16. The van der Waals surface area contributed by atoms with E-state index in [1.807, 2.05) is 4.90 Å². The van der Waals surface area contributed by atoms with Gasteiger partial charge in [-0.2, -0.15) is 0 Å². The quantitative estimate of drug-likeness (QED) is 0.783. The molecule has 3 fully saturated rings. The van der Waals surface area contributed by atoms with Crippen LogP contribution in [0.1, 0.15) is 32.6 Å². The molecule has 3 rings (SSSR count). The Morgan fingerprint density at radius 1 is 1.15 bits per heavy atom. The van der Waals surface area contributed by atoms with E-state index in [4.69, 9.17) is 5.11 Å². The van der Waals surface area contributed by atoms with Crippen molar-refractivity contribution in [3.05, 3.63) is 0 Å². The predicted octanol–water partition coefficient (Wildman–Crippen LogP) is 0.747. The van der Waals surface area contributed by atoms with Crippen molar-refractivity contribution in [3.8, 4) is 0 Å². The summed E-state index contributed by atoms with van der Waals surface area (Å²) in [6.07, 6.45) is 3.07. The standard InChI is InChI=1S/C14H22N2O4/c1-8(13(18)19)9-6-15(7-9)14(20)16-10-2-3-11(16)5-12(17)4-10/h8-12,17H,2-7H2,1H3,(H,18,19). The van der Waals surface area contributed by atoms with Crippen LogP contribution in [0.3, 0.4) is 0 Å². The van der Waals surface area contributed by atoms with Crippen LogP contribution in [0, 0.1) is 11.8 Å². The number of aliphatic hydroxyl groups excluding tert-OH is 1. The normalized spacial score (nSPS) is 34.8. The van der Waals surface area contributed by atoms with E-state index in [2.05, 4.69) is 0 Å². The number of carbonyl (C=O) groups is 2. The molecule has 3 saturated heterocycles. The van der Waals surface area contributed by atoms with Crippen molar-refractivity contribution in [2.45, 2.75) is 50.8 Å². The Labute approximate surface area is 118 Å². The van der Waals surface area contributed by atoms with Crippen LogP contribution in [-0.4, -0.2) is 63.3 Å². The first-order chi connectivity index (χ1) is 9.47. The largest absolute Gasteiger partial charge is 0.481 e. The number of aliphatic carboxylic acids is 1. The molecular formula is C14H22N2O4. The molecule has 0 saturated carbocycles. The van der Waals surface area contributed by atoms with E-state index in [1.54, 1.807) is 11.8 Å². The molecule has 2 bridgehead atoms. The summed E-state index contributed by atoms with van der Waals surface area (Å²) in [5.74, 6) is -1.10. The molecule has 2 N–H and O–H groups in total. The van der Waals surface area contributed by atoms with Gasteiger partial charge in [0.05, 0.1) is 12.0 Å². The summed E-state index contributed by atoms with van der Waals surface area (Å²) < 4.78 is 0. The lowest BCUT2D eigenvalue weighted by Gasteiger charge is -2.46. The lowest BCUT2D eigenvalue weighted by atomic mass is 9.87. The summed E-state index contributed by atoms with van der Waals surface area (Å²) in [7, 11) is 0. The maximum atomic E-state index is 12.5. The summed E-state index contributed by atoms with van der Waals surface area (Å²) in [6, 6.07) is 0.387. The smallest absolute Gasteiger partial charge is 0.320 e. The molecule has 112 valence electrons. The van der Waals surface area contributed by atoms with Crippen LogP contribution in [0.4, 0.5) is 4.79 Å². The Hall–Kier alpha value is -1.30. The third-order valence-corrected chi connectivity index (χ3v) is 5.21. The molecule has 0 aliphatic carbocycles. The minimum atomic E-state index is -0.789. The predicted molar refractivity (Wildman–Crippen MR) is 71.1 cm³/mol. The van der Waals surface area contributed by atoms with E-state index in [1.165, 1.54) is 0 Å². The highest BCUT2D eigenvalue weighted by Crippen LogP contribution is 2.37. The molecule has 0 spiro atoms. The molecule has 2 amide bonds. The number of nitrogens with zero attached hydrogens (tertiary/aromatic N) is 2. The summed E-state index contributed by atoms with van der Waals surface area (Å²) in [6.45, 7) is 2.80. The van der Waals surface area contributed by atoms with E-state index in [0.717, 1.165) is 12.8 Å². The minimum Gasteiger partial charge on any atom is -0.481 e. The summed E-state index contributed by atoms with van der Waals surface area (Å²) >= 11 is 0. The van der Waals surface area contributed by atoms with Crippen molar-refractivity contribution >= 4 is 12.0 Å². The highest BCUT2D eigenvalue weighted by atomic mass is 16.4. The van der Waals surface area contributed by atoms with Crippen molar-refractivity contribution in [1.82, 2.24) is 9.80 Å². The summed E-state index contributed by atoms with van der Waals surface area (Å²) in [5, 5.41) is 18.7. The zero-order valence-electron chi connectivity index (χ0n) is 11.7.